The highest BCUT2D eigenvalue weighted by Crippen LogP contribution is 2.58. The van der Waals surface area contributed by atoms with Crippen LogP contribution in [0.2, 0.25) is 146 Å². The van der Waals surface area contributed by atoms with Crippen LogP contribution in [0.3, 0.4) is 0 Å². The number of ether oxygens (including phenoxy) is 1. The molecule has 6 rings (SSSR count). The lowest BCUT2D eigenvalue weighted by Gasteiger charge is -2.62. The van der Waals surface area contributed by atoms with Gasteiger partial charge in [-0.1, -0.05) is 152 Å². The maximum absolute atomic E-state index is 12.5. The lowest BCUT2D eigenvalue weighted by atomic mass is 10.2. The van der Waals surface area contributed by atoms with E-state index in [1.54, 1.807) is 0 Å². The van der Waals surface area contributed by atoms with Gasteiger partial charge in [0.15, 0.2) is 66.5 Å². The fraction of sp³-hybridized carbons (Fsp3) is 0.940. The second-order valence-corrected chi connectivity index (χ2v) is 95.6. The molecule has 0 aromatic rings. The summed E-state index contributed by atoms with van der Waals surface area (Å²) in [4.78, 5) is 12.5. The minimum atomic E-state index is -5.52. The van der Waals surface area contributed by atoms with E-state index in [0.717, 1.165) is 6.08 Å². The van der Waals surface area contributed by atoms with Crippen LogP contribution in [0.15, 0.2) is 12.7 Å². The molecule has 38 heteroatoms. The second-order valence-electron chi connectivity index (χ2n) is 35.6. The molecule has 8 bridgehead atoms. The Labute approximate surface area is 549 Å². The number of rotatable bonds is 21. The van der Waals surface area contributed by atoms with E-state index in [-0.39, 0.29) is 6.61 Å². The lowest BCUT2D eigenvalue weighted by Crippen LogP contribution is -2.93. The summed E-state index contributed by atoms with van der Waals surface area (Å²) < 4.78 is 166. The van der Waals surface area contributed by atoms with Crippen LogP contribution in [0.5, 0.6) is 0 Å². The summed E-state index contributed by atoms with van der Waals surface area (Å²) in [5.41, 5.74) is 0. The topological polar surface area (TPSA) is 211 Å². The van der Waals surface area contributed by atoms with Crippen molar-refractivity contribution in [1.82, 2.24) is 0 Å². The molecule has 0 unspecified atom stereocenters. The van der Waals surface area contributed by atoms with Crippen LogP contribution in [0.1, 0.15) is 152 Å². The van der Waals surface area contributed by atoms with E-state index >= 15 is 0 Å². The van der Waals surface area contributed by atoms with Crippen molar-refractivity contribution in [2.24, 2.45) is 0 Å². The van der Waals surface area contributed by atoms with Gasteiger partial charge in [-0.2, -0.15) is 0 Å². The molecule has 0 amide bonds. The van der Waals surface area contributed by atoms with Crippen molar-refractivity contribution in [3.8, 4) is 0 Å². The van der Waals surface area contributed by atoms with Gasteiger partial charge in [0.05, 0.1) is 6.61 Å². The quantitative estimate of drug-likeness (QED) is 0.0452. The first-order valence-electron chi connectivity index (χ1n) is 31.2. The number of carbonyl (C=O) groups is 1. The Bertz CT molecular complexity index is 2310. The summed E-state index contributed by atoms with van der Waals surface area (Å²) in [5.74, 6) is -0.553. The molecule has 6 fully saturated rings. The zero-order valence-electron chi connectivity index (χ0n) is 61.4. The van der Waals surface area contributed by atoms with E-state index in [1.165, 1.54) is 0 Å². The van der Waals surface area contributed by atoms with E-state index in [9.17, 15) is 4.79 Å². The Morgan fingerprint density at radius 1 is 0.307 bits per heavy atom. The summed E-state index contributed by atoms with van der Waals surface area (Å²) in [6, 6.07) is 0.363. The maximum Gasteiger partial charge on any atom is 0.651 e. The molecule has 88 heavy (non-hydrogen) atoms. The molecule has 22 nitrogen and oxygen atoms in total. The van der Waals surface area contributed by atoms with Gasteiger partial charge in [-0.25, -0.2) is 4.79 Å². The number of carbonyl (C=O) groups excluding carboxylic acids is 1. The summed E-state index contributed by atoms with van der Waals surface area (Å²) in [7, 11) is -70.6. The molecule has 6 aliphatic heterocycles. The van der Waals surface area contributed by atoms with Crippen molar-refractivity contribution in [2.45, 2.75) is 298 Å². The van der Waals surface area contributed by atoms with Gasteiger partial charge in [0.2, 0.25) is 0 Å². The molecule has 0 spiro atoms. The van der Waals surface area contributed by atoms with Gasteiger partial charge in [0, 0.05) is 6.08 Å². The Balaban J connectivity index is 2.28. The molecule has 0 aliphatic carbocycles. The monoisotopic (exact) mass is 1520 g/mol. The predicted molar refractivity (Wildman–Crippen MR) is 376 cm³/mol. The lowest BCUT2D eigenvalue weighted by molar-refractivity contribution is -0.138. The summed E-state index contributed by atoms with van der Waals surface area (Å²) >= 11 is 0. The van der Waals surface area contributed by atoms with Gasteiger partial charge >= 0.3 is 78.4 Å². The highest BCUT2D eigenvalue weighted by molar-refractivity contribution is 7.05. The first-order chi connectivity index (χ1) is 38.3. The molecule has 6 aliphatic rings. The standard InChI is InChI=1S/C50H120O22Si16/c1-39-43(51)52-41-40-42-73(23,24)53-81-61-82(54-74(25,26)44(2,3)4)64-85(57-77(31,32)47(11,12)13)66-83(62-81,55-75(27,28)45(5,6)7)68-87(59-79(35,36)49(17,18)19)69-84(63-81,56-76(29,30)46(8,9)10)67-86(65-82,58-78(33,34)48(14,15)16)71-88(70-85,72-87)60-80(37,38)50(20,21)22/h39H,1,40-42H2,2-38H3. The average molecular weight is 1520 g/mol. The van der Waals surface area contributed by atoms with E-state index in [1.807, 2.05) is 13.1 Å². The van der Waals surface area contributed by atoms with Crippen molar-refractivity contribution in [3.63, 3.8) is 0 Å². The Morgan fingerprint density at radius 2 is 0.455 bits per heavy atom. The van der Waals surface area contributed by atoms with Gasteiger partial charge in [-0.3, -0.25) is 0 Å². The van der Waals surface area contributed by atoms with Crippen molar-refractivity contribution in [2.75, 3.05) is 6.61 Å². The van der Waals surface area contributed by atoms with Crippen LogP contribution in [-0.4, -0.2) is 151 Å². The maximum atomic E-state index is 12.5. The van der Waals surface area contributed by atoms with Crippen LogP contribution < -0.4 is 0 Å². The number of hydrogen-bond donors (Lipinski definition) is 0. The molecule has 0 saturated carbocycles. The van der Waals surface area contributed by atoms with Crippen LogP contribution in [-0.2, 0) is 91.8 Å². The summed E-state index contributed by atoms with van der Waals surface area (Å²) in [5, 5.41) is -3.95. The summed E-state index contributed by atoms with van der Waals surface area (Å²) in [6.07, 6.45) is 1.50. The van der Waals surface area contributed by atoms with Gasteiger partial charge < -0.3 is 87.0 Å². The third-order valence-corrected chi connectivity index (χ3v) is 95.4. The van der Waals surface area contributed by atoms with Crippen LogP contribution >= 0.6 is 0 Å². The third-order valence-electron chi connectivity index (χ3n) is 20.0. The van der Waals surface area contributed by atoms with E-state index in [2.05, 4.69) is 244 Å². The van der Waals surface area contributed by atoms with Crippen molar-refractivity contribution >= 4 is 145 Å². The molecule has 6 heterocycles. The highest BCUT2D eigenvalue weighted by Gasteiger charge is 2.93. The SMILES string of the molecule is C=CC(=O)OCCC[Si](C)(C)O[Si]12O[Si]3(O[Si](C)(C)C(C)(C)C)O[Si]4(O[Si](C)(C)C(C)(C)C)O[Si](O[Si](C)(C)C(C)(C)C)(O1)O[Si]1(O[Si](C)(C)C(C)(C)C)O[Si](O[Si](C)(C)C(C)(C)C)(O2)O[Si](O[Si](C)(C)C(C)(C)C)(O3)O[Si](O[Si](C)(C)C(C)(C)C)(O4)O1. The molecule has 0 radical (unpaired) electrons. The molecule has 0 aromatic heterocycles. The number of esters is 1. The first kappa shape index (κ1) is 80.6. The smallest absolute Gasteiger partial charge is 0.463 e. The van der Waals surface area contributed by atoms with Crippen molar-refractivity contribution in [1.29, 1.82) is 0 Å². The van der Waals surface area contributed by atoms with Crippen molar-refractivity contribution in [3.05, 3.63) is 12.7 Å². The third kappa shape index (κ3) is 17.5. The van der Waals surface area contributed by atoms with Crippen LogP contribution in [0, 0.1) is 0 Å². The van der Waals surface area contributed by atoms with E-state index in [4.69, 9.17) is 87.0 Å². The molecule has 6 saturated heterocycles. The molecular weight excluding hydrogens is 1400 g/mol. The number of hydrogen-bond acceptors (Lipinski definition) is 22. The van der Waals surface area contributed by atoms with Crippen LogP contribution in [0.4, 0.5) is 0 Å². The van der Waals surface area contributed by atoms with Gasteiger partial charge in [-0.05, 0) is 152 Å². The fourth-order valence-electron chi connectivity index (χ4n) is 7.22. The first-order valence-corrected chi connectivity index (χ1v) is 67.7. The van der Waals surface area contributed by atoms with Crippen molar-refractivity contribution < 1.29 is 91.8 Å². The highest BCUT2D eigenvalue weighted by atomic mass is 28.7. The molecule has 0 N–H and O–H groups in total. The minimum absolute atomic E-state index is 0.0608. The normalized spacial score (nSPS) is 32.1. The minimum Gasteiger partial charge on any atom is -0.463 e. The fourth-order valence-corrected chi connectivity index (χ4v) is 78.1. The van der Waals surface area contributed by atoms with E-state index in [0.29, 0.717) is 12.5 Å². The molecule has 0 atom stereocenters. The predicted octanol–water partition coefficient (Wildman–Crippen LogP) is 15.2. The van der Waals surface area contributed by atoms with Crippen LogP contribution in [0.25, 0.3) is 0 Å². The zero-order chi connectivity index (χ0) is 68.8. The average Bonchev–Trinajstić information content (AvgIpc) is 0.680. The Morgan fingerprint density at radius 3 is 0.591 bits per heavy atom. The zero-order valence-corrected chi connectivity index (χ0v) is 77.4. The Kier molecular flexibility index (Phi) is 22.3. The Hall–Kier alpha value is 1.88. The largest absolute Gasteiger partial charge is 0.651 e. The van der Waals surface area contributed by atoms with E-state index < -0.39 is 180 Å². The molecule has 516 valence electrons. The second kappa shape index (κ2) is 24.4. The summed E-state index contributed by atoms with van der Waals surface area (Å²) in [6.45, 7) is 80.6. The van der Waals surface area contributed by atoms with Gasteiger partial charge in [0.25, 0.3) is 0 Å². The molecular formula is C50H120O22Si16. The van der Waals surface area contributed by atoms with Gasteiger partial charge in [-0.15, -0.1) is 0 Å². The molecule has 0 aromatic carbocycles. The van der Waals surface area contributed by atoms with Gasteiger partial charge in [0.1, 0.15) is 0 Å².